The summed E-state index contributed by atoms with van der Waals surface area (Å²) >= 11 is 0. The number of aromatic nitrogens is 2. The number of nitrogens with one attached hydrogen (secondary N) is 1. The molecule has 1 N–H and O–H groups in total. The Hall–Kier alpha value is -3.52. The van der Waals surface area contributed by atoms with Crippen LogP contribution in [-0.2, 0) is 9.47 Å². The third-order valence-corrected chi connectivity index (χ3v) is 5.45. The van der Waals surface area contributed by atoms with E-state index < -0.39 is 23.8 Å². The maximum absolute atomic E-state index is 15.1. The molecular formula is C22H23F2N5O4. The van der Waals surface area contributed by atoms with Crippen LogP contribution >= 0.6 is 0 Å². The van der Waals surface area contributed by atoms with Crippen LogP contribution in [0.25, 0.3) is 0 Å². The minimum absolute atomic E-state index is 0.0419. The van der Waals surface area contributed by atoms with E-state index in [2.05, 4.69) is 15.3 Å². The molecule has 33 heavy (non-hydrogen) atoms. The molecule has 4 rings (SSSR count). The van der Waals surface area contributed by atoms with E-state index in [1.54, 1.807) is 18.7 Å². The highest BCUT2D eigenvalue weighted by Gasteiger charge is 2.44. The van der Waals surface area contributed by atoms with E-state index in [0.717, 1.165) is 12.4 Å². The van der Waals surface area contributed by atoms with Crippen molar-refractivity contribution in [3.8, 4) is 11.9 Å². The van der Waals surface area contributed by atoms with Crippen LogP contribution in [-0.4, -0.2) is 59.5 Å². The summed E-state index contributed by atoms with van der Waals surface area (Å²) in [7, 11) is 0. The molecule has 11 heteroatoms. The number of nitrogens with zero attached hydrogens (tertiary/aromatic N) is 4. The summed E-state index contributed by atoms with van der Waals surface area (Å²) in [6.45, 7) is 4.96. The molecule has 2 aliphatic rings. The maximum Gasteiger partial charge on any atom is 0.410 e. The van der Waals surface area contributed by atoms with E-state index in [-0.39, 0.29) is 40.9 Å². The summed E-state index contributed by atoms with van der Waals surface area (Å²) in [5, 5.41) is 11.4. The highest BCUT2D eigenvalue weighted by molar-refractivity contribution is 5.68. The van der Waals surface area contributed by atoms with Crippen molar-refractivity contribution < 1.29 is 27.8 Å². The van der Waals surface area contributed by atoms with Crippen molar-refractivity contribution in [1.82, 2.24) is 14.9 Å². The summed E-state index contributed by atoms with van der Waals surface area (Å²) in [6, 6.07) is 5.60. The van der Waals surface area contributed by atoms with Gasteiger partial charge in [0.25, 0.3) is 5.88 Å². The number of rotatable bonds is 5. The molecule has 2 atom stereocenters. The second kappa shape index (κ2) is 9.54. The Labute approximate surface area is 189 Å². The molecule has 2 aliphatic heterocycles. The highest BCUT2D eigenvalue weighted by Crippen LogP contribution is 2.33. The Bertz CT molecular complexity index is 1060. The van der Waals surface area contributed by atoms with Crippen molar-refractivity contribution in [2.45, 2.75) is 26.1 Å². The second-order valence-corrected chi connectivity index (χ2v) is 8.25. The quantitative estimate of drug-likeness (QED) is 0.726. The third kappa shape index (κ3) is 4.96. The predicted molar refractivity (Wildman–Crippen MR) is 112 cm³/mol. The number of hydrogen-bond acceptors (Lipinski definition) is 8. The van der Waals surface area contributed by atoms with Gasteiger partial charge in [-0.05, 0) is 32.0 Å². The Morgan fingerprint density at radius 3 is 2.64 bits per heavy atom. The first-order valence-corrected chi connectivity index (χ1v) is 10.5. The van der Waals surface area contributed by atoms with Crippen LogP contribution in [0.15, 0.2) is 24.5 Å². The van der Waals surface area contributed by atoms with E-state index in [1.165, 1.54) is 12.1 Å². The summed E-state index contributed by atoms with van der Waals surface area (Å²) < 4.78 is 46.2. The van der Waals surface area contributed by atoms with E-state index in [4.69, 9.17) is 19.5 Å². The number of fused-ring (bicyclic) bond motifs is 2. The number of hydrogen-bond donors (Lipinski definition) is 1. The second-order valence-electron chi connectivity index (χ2n) is 8.25. The van der Waals surface area contributed by atoms with Gasteiger partial charge in [0, 0.05) is 24.9 Å². The molecule has 0 saturated carbocycles. The molecule has 1 amide bonds. The monoisotopic (exact) mass is 459 g/mol. The van der Waals surface area contributed by atoms with Crippen molar-refractivity contribution in [3.63, 3.8) is 0 Å². The molecule has 174 valence electrons. The highest BCUT2D eigenvalue weighted by atomic mass is 19.1. The topological polar surface area (TPSA) is 110 Å². The number of benzene rings is 1. The summed E-state index contributed by atoms with van der Waals surface area (Å²) in [6.07, 6.45) is 0.0590. The molecule has 2 bridgehead atoms. The van der Waals surface area contributed by atoms with Crippen molar-refractivity contribution in [3.05, 3.63) is 41.7 Å². The standard InChI is InChI=1S/C22H23F2N5O4/c1-12(2)32-22(30)29-7-14-9-31-10-15(8-29)19(14)33-21-18(24)20(26-11-27-21)28-17-4-3-13(6-25)5-16(17)23/h3-5,11-12,14-15,19H,7-10H2,1-2H3,(H,26,27,28). The number of carbonyl (C=O) groups excluding carboxylic acids is 1. The van der Waals surface area contributed by atoms with Crippen molar-refractivity contribution in [1.29, 1.82) is 5.26 Å². The Morgan fingerprint density at radius 1 is 1.27 bits per heavy atom. The van der Waals surface area contributed by atoms with E-state index in [9.17, 15) is 9.18 Å². The lowest BCUT2D eigenvalue weighted by Crippen LogP contribution is -2.59. The van der Waals surface area contributed by atoms with Gasteiger partial charge in [0.1, 0.15) is 18.2 Å². The van der Waals surface area contributed by atoms with Gasteiger partial charge in [-0.2, -0.15) is 14.6 Å². The molecule has 0 radical (unpaired) electrons. The first-order valence-electron chi connectivity index (χ1n) is 10.5. The smallest absolute Gasteiger partial charge is 0.410 e. The van der Waals surface area contributed by atoms with Crippen LogP contribution in [0.3, 0.4) is 0 Å². The molecule has 2 fully saturated rings. The molecule has 1 aromatic carbocycles. The Kier molecular flexibility index (Phi) is 6.55. The van der Waals surface area contributed by atoms with E-state index >= 15 is 4.39 Å². The fraction of sp³-hybridized carbons (Fsp3) is 0.455. The number of carbonyl (C=O) groups is 1. The number of nitriles is 1. The van der Waals surface area contributed by atoms with Crippen LogP contribution in [0.4, 0.5) is 25.1 Å². The van der Waals surface area contributed by atoms with Crippen LogP contribution in [0, 0.1) is 34.8 Å². The van der Waals surface area contributed by atoms with E-state index in [0.29, 0.717) is 26.3 Å². The third-order valence-electron chi connectivity index (χ3n) is 5.45. The fourth-order valence-electron chi connectivity index (χ4n) is 3.98. The van der Waals surface area contributed by atoms with Gasteiger partial charge in [-0.15, -0.1) is 0 Å². The average Bonchev–Trinajstić information content (AvgIpc) is 2.76. The predicted octanol–water partition coefficient (Wildman–Crippen LogP) is 3.24. The van der Waals surface area contributed by atoms with Gasteiger partial charge in [0.05, 0.1) is 36.6 Å². The number of likely N-dealkylation sites (tertiary alicyclic amines) is 1. The summed E-state index contributed by atoms with van der Waals surface area (Å²) in [5.74, 6) is -2.52. The summed E-state index contributed by atoms with van der Waals surface area (Å²) in [5.41, 5.74) is 0.0994. The van der Waals surface area contributed by atoms with Gasteiger partial charge in [-0.3, -0.25) is 0 Å². The molecule has 2 unspecified atom stereocenters. The lowest BCUT2D eigenvalue weighted by molar-refractivity contribution is -0.111. The lowest BCUT2D eigenvalue weighted by Gasteiger charge is -2.45. The minimum Gasteiger partial charge on any atom is -0.471 e. The van der Waals surface area contributed by atoms with Crippen molar-refractivity contribution >= 4 is 17.6 Å². The van der Waals surface area contributed by atoms with Gasteiger partial charge in [0.2, 0.25) is 5.82 Å². The molecule has 9 nitrogen and oxygen atoms in total. The van der Waals surface area contributed by atoms with Crippen LogP contribution < -0.4 is 10.1 Å². The lowest BCUT2D eigenvalue weighted by atomic mass is 9.84. The zero-order valence-corrected chi connectivity index (χ0v) is 18.1. The van der Waals surface area contributed by atoms with Crippen molar-refractivity contribution in [2.75, 3.05) is 31.6 Å². The molecule has 3 heterocycles. The van der Waals surface area contributed by atoms with Gasteiger partial charge in [0.15, 0.2) is 5.82 Å². The number of amides is 1. The minimum atomic E-state index is -0.873. The zero-order valence-electron chi connectivity index (χ0n) is 18.1. The first kappa shape index (κ1) is 22.7. The van der Waals surface area contributed by atoms with Gasteiger partial charge >= 0.3 is 6.09 Å². The largest absolute Gasteiger partial charge is 0.471 e. The molecular weight excluding hydrogens is 436 g/mol. The SMILES string of the molecule is CC(C)OC(=O)N1CC2COCC(C1)C2Oc1ncnc(Nc2ccc(C#N)cc2F)c1F. The van der Waals surface area contributed by atoms with Gasteiger partial charge < -0.3 is 24.4 Å². The fourth-order valence-corrected chi connectivity index (χ4v) is 3.98. The number of piperidine rings is 1. The van der Waals surface area contributed by atoms with Crippen LogP contribution in [0.5, 0.6) is 5.88 Å². The molecule has 0 spiro atoms. The molecule has 0 aliphatic carbocycles. The maximum atomic E-state index is 15.1. The zero-order chi connectivity index (χ0) is 23.5. The van der Waals surface area contributed by atoms with E-state index in [1.807, 2.05) is 6.07 Å². The van der Waals surface area contributed by atoms with Crippen LogP contribution in [0.1, 0.15) is 19.4 Å². The number of halogens is 2. The molecule has 2 saturated heterocycles. The van der Waals surface area contributed by atoms with Crippen molar-refractivity contribution in [2.24, 2.45) is 11.8 Å². The number of anilines is 2. The molecule has 2 aromatic rings. The average molecular weight is 459 g/mol. The Morgan fingerprint density at radius 2 is 2.00 bits per heavy atom. The summed E-state index contributed by atoms with van der Waals surface area (Å²) in [4.78, 5) is 21.7. The van der Waals surface area contributed by atoms with Gasteiger partial charge in [-0.1, -0.05) is 0 Å². The van der Waals surface area contributed by atoms with Crippen LogP contribution in [0.2, 0.25) is 0 Å². The molecule has 1 aromatic heterocycles. The number of ether oxygens (including phenoxy) is 3. The first-order chi connectivity index (χ1) is 15.9. The Balaban J connectivity index is 1.49. The van der Waals surface area contributed by atoms with Gasteiger partial charge in [-0.25, -0.2) is 14.2 Å². The normalized spacial score (nSPS) is 21.9.